The minimum absolute atomic E-state index is 0.0190. The number of benzene rings is 2. The molecule has 194 valence electrons. The highest BCUT2D eigenvalue weighted by atomic mass is 35.5. The number of aromatic nitrogens is 1. The van der Waals surface area contributed by atoms with Crippen LogP contribution in [0.4, 0.5) is 24.2 Å². The third-order valence-corrected chi connectivity index (χ3v) is 6.35. The smallest absolute Gasteiger partial charge is 0.412 e. The second-order valence-corrected chi connectivity index (χ2v) is 8.87. The summed E-state index contributed by atoms with van der Waals surface area (Å²) in [6.45, 7) is 0.491. The van der Waals surface area contributed by atoms with E-state index in [1.807, 2.05) is 0 Å². The molecule has 0 aliphatic carbocycles. The van der Waals surface area contributed by atoms with E-state index in [0.717, 1.165) is 5.39 Å². The van der Waals surface area contributed by atoms with Gasteiger partial charge in [0.25, 0.3) is 0 Å². The van der Waals surface area contributed by atoms with Gasteiger partial charge in [0.15, 0.2) is 0 Å². The Balaban J connectivity index is 1.37. The lowest BCUT2D eigenvalue weighted by molar-refractivity contribution is 0.111. The van der Waals surface area contributed by atoms with Crippen LogP contribution in [0, 0.1) is 11.6 Å². The molecular weight excluding hydrogens is 506 g/mol. The van der Waals surface area contributed by atoms with E-state index in [1.54, 1.807) is 25.5 Å². The number of rotatable bonds is 8. The summed E-state index contributed by atoms with van der Waals surface area (Å²) in [5, 5.41) is 9.47. The SMILES string of the molecule is CN(C(=O)NCc1cccc(F)c1Cl)[C@H](COC(=O)Nc1cc2cc(F)ccc2cn1)CC1CNC=N1. The molecule has 4 rings (SSSR count). The molecule has 1 aliphatic heterocycles. The lowest BCUT2D eigenvalue weighted by Crippen LogP contribution is -2.47. The molecule has 0 bridgehead atoms. The van der Waals surface area contributed by atoms with Crippen molar-refractivity contribution in [2.45, 2.75) is 25.0 Å². The number of hydrogen-bond acceptors (Lipinski definition) is 6. The number of halogens is 3. The Labute approximate surface area is 216 Å². The van der Waals surface area contributed by atoms with Crippen LogP contribution in [0.5, 0.6) is 0 Å². The first-order chi connectivity index (χ1) is 17.8. The zero-order chi connectivity index (χ0) is 26.4. The summed E-state index contributed by atoms with van der Waals surface area (Å²) >= 11 is 5.97. The molecule has 1 unspecified atom stereocenters. The fourth-order valence-electron chi connectivity index (χ4n) is 3.83. The highest BCUT2D eigenvalue weighted by molar-refractivity contribution is 6.31. The van der Waals surface area contributed by atoms with Crippen molar-refractivity contribution in [2.24, 2.45) is 4.99 Å². The van der Waals surface area contributed by atoms with Crippen LogP contribution < -0.4 is 16.0 Å². The molecule has 37 heavy (non-hydrogen) atoms. The van der Waals surface area contributed by atoms with Crippen molar-refractivity contribution in [1.29, 1.82) is 0 Å². The Bertz CT molecular complexity index is 1320. The number of carbonyl (C=O) groups excluding carboxylic acids is 2. The Morgan fingerprint density at radius 2 is 2.08 bits per heavy atom. The van der Waals surface area contributed by atoms with Crippen LogP contribution >= 0.6 is 11.6 Å². The Kier molecular flexibility index (Phi) is 8.34. The minimum Gasteiger partial charge on any atom is -0.447 e. The molecule has 0 radical (unpaired) electrons. The lowest BCUT2D eigenvalue weighted by Gasteiger charge is -2.29. The van der Waals surface area contributed by atoms with Gasteiger partial charge in [-0.2, -0.15) is 0 Å². The van der Waals surface area contributed by atoms with E-state index in [4.69, 9.17) is 16.3 Å². The third kappa shape index (κ3) is 6.82. The monoisotopic (exact) mass is 530 g/mol. The van der Waals surface area contributed by atoms with Crippen molar-refractivity contribution in [2.75, 3.05) is 25.5 Å². The standard InChI is InChI=1S/C25H25ClF2N6O3/c1-34(24(35)31-11-16-3-2-4-21(28)23(16)26)20(9-19-12-29-14-32-19)13-37-25(36)33-22-8-17-7-18(27)6-5-15(17)10-30-22/h2-8,10,14,19-20H,9,11-13H2,1H3,(H,29,32)(H,31,35)(H,30,33,36)/t19?,20-/m0/s1. The Morgan fingerprint density at radius 3 is 2.86 bits per heavy atom. The maximum absolute atomic E-state index is 13.7. The van der Waals surface area contributed by atoms with Gasteiger partial charge in [0, 0.05) is 31.7 Å². The Morgan fingerprint density at radius 1 is 1.24 bits per heavy atom. The maximum Gasteiger partial charge on any atom is 0.412 e. The average molecular weight is 531 g/mol. The van der Waals surface area contributed by atoms with Crippen molar-refractivity contribution in [3.8, 4) is 0 Å². The molecular formula is C25H25ClF2N6O3. The highest BCUT2D eigenvalue weighted by Gasteiger charge is 2.26. The van der Waals surface area contributed by atoms with Gasteiger partial charge in [0.1, 0.15) is 24.1 Å². The number of hydrogen-bond donors (Lipinski definition) is 3. The van der Waals surface area contributed by atoms with Crippen molar-refractivity contribution >= 4 is 46.7 Å². The van der Waals surface area contributed by atoms with Crippen molar-refractivity contribution in [3.63, 3.8) is 0 Å². The number of nitrogens with one attached hydrogen (secondary N) is 3. The number of ether oxygens (including phenoxy) is 1. The highest BCUT2D eigenvalue weighted by Crippen LogP contribution is 2.20. The third-order valence-electron chi connectivity index (χ3n) is 5.92. The fraction of sp³-hybridized carbons (Fsp3) is 0.280. The second kappa shape index (κ2) is 11.8. The maximum atomic E-state index is 13.7. The minimum atomic E-state index is -0.776. The number of urea groups is 1. The molecule has 3 N–H and O–H groups in total. The first-order valence-corrected chi connectivity index (χ1v) is 11.9. The van der Waals surface area contributed by atoms with Crippen LogP contribution in [0.1, 0.15) is 12.0 Å². The molecule has 0 saturated heterocycles. The average Bonchev–Trinajstić information content (AvgIpc) is 3.40. The van der Waals surface area contributed by atoms with Crippen LogP contribution in [0.3, 0.4) is 0 Å². The summed E-state index contributed by atoms with van der Waals surface area (Å²) in [4.78, 5) is 35.2. The van der Waals surface area contributed by atoms with Gasteiger partial charge in [0.2, 0.25) is 0 Å². The molecule has 1 aliphatic rings. The number of amides is 3. The van der Waals surface area contributed by atoms with Crippen LogP contribution in [-0.4, -0.2) is 60.6 Å². The summed E-state index contributed by atoms with van der Waals surface area (Å²) in [5.74, 6) is -0.779. The molecule has 0 saturated carbocycles. The topological polar surface area (TPSA) is 108 Å². The molecule has 3 aromatic rings. The lowest BCUT2D eigenvalue weighted by atomic mass is 10.1. The fourth-order valence-corrected chi connectivity index (χ4v) is 4.03. The molecule has 12 heteroatoms. The van der Waals surface area contributed by atoms with E-state index in [0.29, 0.717) is 23.9 Å². The zero-order valence-corrected chi connectivity index (χ0v) is 20.6. The first kappa shape index (κ1) is 26.1. The van der Waals surface area contributed by atoms with Crippen LogP contribution in [0.15, 0.2) is 53.7 Å². The summed E-state index contributed by atoms with van der Waals surface area (Å²) < 4.78 is 32.6. The normalized spacial score (nSPS) is 15.2. The number of carbonyl (C=O) groups is 2. The molecule has 0 spiro atoms. The zero-order valence-electron chi connectivity index (χ0n) is 19.9. The van der Waals surface area contributed by atoms with E-state index in [-0.39, 0.29) is 30.0 Å². The van der Waals surface area contributed by atoms with E-state index in [1.165, 1.54) is 41.4 Å². The summed E-state index contributed by atoms with van der Waals surface area (Å²) in [5.41, 5.74) is 0.433. The predicted octanol–water partition coefficient (Wildman–Crippen LogP) is 4.32. The number of nitrogens with zero attached hydrogens (tertiary/aromatic N) is 3. The predicted molar refractivity (Wildman–Crippen MR) is 137 cm³/mol. The molecule has 2 heterocycles. The number of pyridine rings is 1. The van der Waals surface area contributed by atoms with E-state index in [9.17, 15) is 18.4 Å². The summed E-state index contributed by atoms with van der Waals surface area (Å²) in [6, 6.07) is 9.07. The molecule has 2 aromatic carbocycles. The number of anilines is 1. The number of fused-ring (bicyclic) bond motifs is 1. The van der Waals surface area contributed by atoms with Crippen LogP contribution in [0.25, 0.3) is 10.8 Å². The van der Waals surface area contributed by atoms with Gasteiger partial charge in [-0.1, -0.05) is 23.7 Å². The second-order valence-electron chi connectivity index (χ2n) is 8.50. The van der Waals surface area contributed by atoms with Gasteiger partial charge in [-0.05, 0) is 47.7 Å². The molecule has 1 aromatic heterocycles. The molecule has 2 atom stereocenters. The number of likely N-dealkylation sites (N-methyl/N-ethyl adjacent to an activating group) is 1. The summed E-state index contributed by atoms with van der Waals surface area (Å²) in [6.07, 6.45) is 2.76. The van der Waals surface area contributed by atoms with Gasteiger partial charge in [0.05, 0.1) is 23.4 Å². The van der Waals surface area contributed by atoms with Crippen molar-refractivity contribution < 1.29 is 23.1 Å². The van der Waals surface area contributed by atoms with Gasteiger partial charge >= 0.3 is 12.1 Å². The quantitative estimate of drug-likeness (QED) is 0.402. The molecule has 0 fully saturated rings. The first-order valence-electron chi connectivity index (χ1n) is 11.5. The van der Waals surface area contributed by atoms with Gasteiger partial charge in [-0.3, -0.25) is 10.3 Å². The summed E-state index contributed by atoms with van der Waals surface area (Å²) in [7, 11) is 1.57. The molecule has 9 nitrogen and oxygen atoms in total. The van der Waals surface area contributed by atoms with Gasteiger partial charge < -0.3 is 20.3 Å². The largest absolute Gasteiger partial charge is 0.447 e. The number of aliphatic imine (C=N–C) groups is 1. The Hall–Kier alpha value is -3.99. The van der Waals surface area contributed by atoms with Crippen LogP contribution in [-0.2, 0) is 11.3 Å². The van der Waals surface area contributed by atoms with Crippen molar-refractivity contribution in [3.05, 3.63) is 70.9 Å². The van der Waals surface area contributed by atoms with Crippen molar-refractivity contribution in [1.82, 2.24) is 20.5 Å². The molecule has 3 amide bonds. The van der Waals surface area contributed by atoms with E-state index >= 15 is 0 Å². The van der Waals surface area contributed by atoms with Gasteiger partial charge in [-0.25, -0.2) is 23.4 Å². The van der Waals surface area contributed by atoms with Gasteiger partial charge in [-0.15, -0.1) is 0 Å². The van der Waals surface area contributed by atoms with E-state index in [2.05, 4.69) is 25.9 Å². The van der Waals surface area contributed by atoms with Crippen LogP contribution in [0.2, 0.25) is 5.02 Å². The van der Waals surface area contributed by atoms with E-state index < -0.39 is 29.8 Å².